The number of benzene rings is 1. The number of carbonyl (C=O) groups is 1. The summed E-state index contributed by atoms with van der Waals surface area (Å²) in [5, 5.41) is 12.2. The first-order chi connectivity index (χ1) is 14.5. The highest BCUT2D eigenvalue weighted by Crippen LogP contribution is 2.38. The number of hydrogen-bond donors (Lipinski definition) is 2. The highest BCUT2D eigenvalue weighted by atomic mass is 16.5. The molecule has 30 heavy (non-hydrogen) atoms. The average Bonchev–Trinajstić information content (AvgIpc) is 3.28. The number of fused-ring (bicyclic) bond motifs is 3. The second kappa shape index (κ2) is 7.93. The van der Waals surface area contributed by atoms with Gasteiger partial charge < -0.3 is 25.3 Å². The van der Waals surface area contributed by atoms with Crippen LogP contribution in [-0.4, -0.2) is 40.1 Å². The Labute approximate surface area is 173 Å². The van der Waals surface area contributed by atoms with E-state index in [2.05, 4.69) is 11.4 Å². The van der Waals surface area contributed by atoms with Gasteiger partial charge in [-0.25, -0.2) is 9.78 Å². The molecule has 9 heteroatoms. The van der Waals surface area contributed by atoms with Crippen molar-refractivity contribution in [3.8, 4) is 23.2 Å². The van der Waals surface area contributed by atoms with Crippen molar-refractivity contribution in [3.05, 3.63) is 30.1 Å². The molecule has 2 aromatic rings. The van der Waals surface area contributed by atoms with Crippen LogP contribution in [-0.2, 0) is 16.1 Å². The third-order valence-electron chi connectivity index (χ3n) is 5.45. The molecule has 1 saturated heterocycles. The lowest BCUT2D eigenvalue weighted by Crippen LogP contribution is -2.32. The highest BCUT2D eigenvalue weighted by molar-refractivity contribution is 5.83. The first-order valence-electron chi connectivity index (χ1n) is 9.82. The van der Waals surface area contributed by atoms with Crippen molar-refractivity contribution in [2.24, 2.45) is 5.73 Å². The summed E-state index contributed by atoms with van der Waals surface area (Å²) in [5.74, 6) is 3.58. The van der Waals surface area contributed by atoms with Gasteiger partial charge in [-0.1, -0.05) is 0 Å². The summed E-state index contributed by atoms with van der Waals surface area (Å²) >= 11 is 0. The number of hydrogen-bond acceptors (Lipinski definition) is 7. The van der Waals surface area contributed by atoms with E-state index in [0.717, 1.165) is 23.5 Å². The average molecular weight is 406 g/mol. The van der Waals surface area contributed by atoms with E-state index in [0.29, 0.717) is 43.3 Å². The lowest BCUT2D eigenvalue weighted by Gasteiger charge is -2.22. The second-order valence-electron chi connectivity index (χ2n) is 7.42. The van der Waals surface area contributed by atoms with Gasteiger partial charge in [0, 0.05) is 30.4 Å². The Bertz CT molecular complexity index is 1080. The van der Waals surface area contributed by atoms with E-state index in [1.54, 1.807) is 6.92 Å². The van der Waals surface area contributed by atoms with Crippen LogP contribution in [0.1, 0.15) is 26.2 Å². The number of carbonyl (C=O) groups excluding carboxylic acids is 2. The monoisotopic (exact) mass is 406 g/mol. The van der Waals surface area contributed by atoms with Crippen LogP contribution >= 0.6 is 0 Å². The predicted molar refractivity (Wildman–Crippen MR) is 110 cm³/mol. The number of ether oxygens (including phenoxy) is 1. The summed E-state index contributed by atoms with van der Waals surface area (Å²) in [6.45, 7) is 2.73. The standard InChI is InChI=1S/C21H22N6O3/c1-13(20(23)29)24-14-2-5-17-18(10-14)30-9-8-26-11-19(25-21(17)26)27-15(6-7-22)3-4-16(27)12-28/h2,5,10-11,13,15,24H,3-4,6,8-9H2,1H3,(H2,23,29)/t13-,15-/m0/s1. The number of amides is 1. The molecule has 3 heterocycles. The molecule has 9 nitrogen and oxygen atoms in total. The van der Waals surface area contributed by atoms with Crippen molar-refractivity contribution in [2.45, 2.75) is 44.8 Å². The molecule has 0 radical (unpaired) electrons. The van der Waals surface area contributed by atoms with E-state index in [1.165, 1.54) is 0 Å². The maximum atomic E-state index is 11.4. The Morgan fingerprint density at radius 3 is 3.07 bits per heavy atom. The molecular formula is C21H22N6O3. The summed E-state index contributed by atoms with van der Waals surface area (Å²) in [6.07, 6.45) is 3.53. The van der Waals surface area contributed by atoms with Gasteiger partial charge in [0.05, 0.1) is 24.6 Å². The zero-order valence-electron chi connectivity index (χ0n) is 16.6. The zero-order chi connectivity index (χ0) is 21.3. The van der Waals surface area contributed by atoms with E-state index in [1.807, 2.05) is 39.8 Å². The number of nitrogens with zero attached hydrogens (tertiary/aromatic N) is 4. The molecule has 1 aromatic carbocycles. The van der Waals surface area contributed by atoms with Crippen LogP contribution in [0.3, 0.4) is 0 Å². The quantitative estimate of drug-likeness (QED) is 0.725. The normalized spacial score (nSPS) is 18.3. The summed E-state index contributed by atoms with van der Waals surface area (Å²) in [4.78, 5) is 29.4. The summed E-state index contributed by atoms with van der Waals surface area (Å²) in [7, 11) is 0. The van der Waals surface area contributed by atoms with Crippen molar-refractivity contribution in [1.29, 1.82) is 5.26 Å². The Hall–Kier alpha value is -3.76. The van der Waals surface area contributed by atoms with Crippen LogP contribution in [0.25, 0.3) is 11.4 Å². The van der Waals surface area contributed by atoms with Crippen molar-refractivity contribution in [3.63, 3.8) is 0 Å². The van der Waals surface area contributed by atoms with Crippen LogP contribution in [0.4, 0.5) is 11.5 Å². The third-order valence-corrected chi connectivity index (χ3v) is 5.45. The van der Waals surface area contributed by atoms with Crippen molar-refractivity contribution < 1.29 is 14.3 Å². The Balaban J connectivity index is 1.70. The fourth-order valence-corrected chi connectivity index (χ4v) is 3.89. The molecule has 1 aromatic heterocycles. The molecule has 4 rings (SSSR count). The molecule has 0 spiro atoms. The number of anilines is 2. The van der Waals surface area contributed by atoms with Gasteiger partial charge in [-0.05, 0) is 25.5 Å². The molecular weight excluding hydrogens is 384 g/mol. The minimum absolute atomic E-state index is 0.0804. The second-order valence-corrected chi connectivity index (χ2v) is 7.42. The van der Waals surface area contributed by atoms with Gasteiger partial charge >= 0.3 is 0 Å². The molecule has 0 saturated carbocycles. The fourth-order valence-electron chi connectivity index (χ4n) is 3.89. The SMILES string of the molecule is C[C@H](Nc1ccc2c(c1)OCCn1cc(N3C(=C=O)CC[C@H]3CC#N)nc1-2)C(N)=O. The molecule has 2 aliphatic heterocycles. The Kier molecular flexibility index (Phi) is 5.17. The molecule has 154 valence electrons. The largest absolute Gasteiger partial charge is 0.491 e. The molecule has 3 N–H and O–H groups in total. The van der Waals surface area contributed by atoms with Crippen LogP contribution in [0, 0.1) is 11.3 Å². The lowest BCUT2D eigenvalue weighted by molar-refractivity contribution is -0.118. The van der Waals surface area contributed by atoms with Crippen molar-refractivity contribution in [1.82, 2.24) is 9.55 Å². The molecule has 1 fully saturated rings. The van der Waals surface area contributed by atoms with Crippen LogP contribution in [0.15, 0.2) is 30.1 Å². The van der Waals surface area contributed by atoms with E-state index < -0.39 is 11.9 Å². The van der Waals surface area contributed by atoms with Gasteiger partial charge in [-0.3, -0.25) is 4.79 Å². The summed E-state index contributed by atoms with van der Waals surface area (Å²) in [5.41, 5.74) is 7.39. The van der Waals surface area contributed by atoms with Gasteiger partial charge in [0.2, 0.25) is 5.91 Å². The highest BCUT2D eigenvalue weighted by Gasteiger charge is 2.33. The van der Waals surface area contributed by atoms with Crippen LogP contribution in [0.2, 0.25) is 0 Å². The van der Waals surface area contributed by atoms with Crippen molar-refractivity contribution in [2.75, 3.05) is 16.8 Å². The van der Waals surface area contributed by atoms with Gasteiger partial charge in [0.15, 0.2) is 5.82 Å². The predicted octanol–water partition coefficient (Wildman–Crippen LogP) is 1.83. The van der Waals surface area contributed by atoms with Gasteiger partial charge in [-0.15, -0.1) is 0 Å². The summed E-state index contributed by atoms with van der Waals surface area (Å²) < 4.78 is 7.89. The lowest BCUT2D eigenvalue weighted by atomic mass is 10.1. The fraction of sp³-hybridized carbons (Fsp3) is 0.381. The maximum Gasteiger partial charge on any atom is 0.239 e. The molecule has 0 unspecified atom stereocenters. The number of imidazole rings is 1. The first-order valence-corrected chi connectivity index (χ1v) is 9.82. The van der Waals surface area contributed by atoms with Gasteiger partial charge in [0.25, 0.3) is 0 Å². The Morgan fingerprint density at radius 2 is 2.33 bits per heavy atom. The zero-order valence-corrected chi connectivity index (χ0v) is 16.6. The topological polar surface area (TPSA) is 126 Å². The minimum atomic E-state index is -0.511. The third kappa shape index (κ3) is 3.49. The number of nitrogens with one attached hydrogen (secondary N) is 1. The minimum Gasteiger partial charge on any atom is -0.491 e. The number of nitriles is 1. The van der Waals surface area contributed by atoms with Crippen LogP contribution in [0.5, 0.6) is 5.75 Å². The van der Waals surface area contributed by atoms with E-state index in [9.17, 15) is 9.59 Å². The van der Waals surface area contributed by atoms with Crippen LogP contribution < -0.4 is 20.7 Å². The smallest absolute Gasteiger partial charge is 0.239 e. The number of nitrogens with two attached hydrogens (primary N) is 1. The maximum absolute atomic E-state index is 11.4. The number of allylic oxidation sites excluding steroid dienone is 1. The number of aromatic nitrogens is 2. The summed E-state index contributed by atoms with van der Waals surface area (Å²) in [6, 6.07) is 7.15. The van der Waals surface area contributed by atoms with Gasteiger partial charge in [0.1, 0.15) is 35.9 Å². The molecule has 2 atom stereocenters. The van der Waals surface area contributed by atoms with E-state index in [-0.39, 0.29) is 6.04 Å². The van der Waals surface area contributed by atoms with Gasteiger partial charge in [-0.2, -0.15) is 5.26 Å². The Morgan fingerprint density at radius 1 is 1.50 bits per heavy atom. The van der Waals surface area contributed by atoms with E-state index >= 15 is 0 Å². The van der Waals surface area contributed by atoms with Crippen molar-refractivity contribution >= 4 is 23.4 Å². The number of primary amides is 1. The first kappa shape index (κ1) is 19.6. The number of rotatable bonds is 5. The molecule has 2 aliphatic rings. The van der Waals surface area contributed by atoms with E-state index in [4.69, 9.17) is 20.7 Å². The molecule has 1 amide bonds. The molecule has 0 aliphatic carbocycles. The molecule has 0 bridgehead atoms.